The van der Waals surface area contributed by atoms with Gasteiger partial charge in [-0.2, -0.15) is 4.99 Å². The summed E-state index contributed by atoms with van der Waals surface area (Å²) in [6.45, 7) is 0. The van der Waals surface area contributed by atoms with E-state index in [9.17, 15) is 4.39 Å². The fraction of sp³-hybridized carbons (Fsp3) is 0.429. The van der Waals surface area contributed by atoms with Crippen LogP contribution in [0.5, 0.6) is 0 Å². The molecule has 22 heavy (non-hydrogen) atoms. The third kappa shape index (κ3) is 2.46. The van der Waals surface area contributed by atoms with E-state index in [0.717, 1.165) is 32.1 Å². The van der Waals surface area contributed by atoms with Gasteiger partial charge in [0.2, 0.25) is 11.9 Å². The third-order valence-corrected chi connectivity index (χ3v) is 5.37. The summed E-state index contributed by atoms with van der Waals surface area (Å²) in [6.07, 6.45) is 4.50. The van der Waals surface area contributed by atoms with Gasteiger partial charge in [-0.25, -0.2) is 9.38 Å². The monoisotopic (exact) mass is 387 g/mol. The molecule has 1 aliphatic carbocycles. The molecule has 118 valence electrons. The van der Waals surface area contributed by atoms with Gasteiger partial charge < -0.3 is 11.5 Å². The van der Waals surface area contributed by atoms with Crippen LogP contribution in [-0.2, 0) is 0 Å². The van der Waals surface area contributed by atoms with Gasteiger partial charge in [0.25, 0.3) is 0 Å². The van der Waals surface area contributed by atoms with E-state index in [0.29, 0.717) is 4.47 Å². The van der Waals surface area contributed by atoms with Crippen LogP contribution in [0.3, 0.4) is 0 Å². The number of nitrogens with two attached hydrogens (primary N) is 2. The van der Waals surface area contributed by atoms with Gasteiger partial charge in [-0.15, -0.1) is 0 Å². The molecule has 1 saturated carbocycles. The van der Waals surface area contributed by atoms with Gasteiger partial charge in [0, 0.05) is 4.47 Å². The molecule has 1 heterocycles. The van der Waals surface area contributed by atoms with Gasteiger partial charge in [0.05, 0.1) is 5.02 Å². The summed E-state index contributed by atoms with van der Waals surface area (Å²) in [6, 6.07) is 2.90. The molecule has 1 aromatic rings. The van der Waals surface area contributed by atoms with Crippen LogP contribution < -0.4 is 16.4 Å². The molecule has 3 rings (SSSR count). The average molecular weight is 389 g/mol. The Labute approximate surface area is 141 Å². The molecule has 0 aromatic heterocycles. The van der Waals surface area contributed by atoms with E-state index in [-0.39, 0.29) is 22.6 Å². The second-order valence-corrected chi connectivity index (χ2v) is 6.74. The maximum absolute atomic E-state index is 14.5. The summed E-state index contributed by atoms with van der Waals surface area (Å²) in [4.78, 5) is 10.1. The van der Waals surface area contributed by atoms with Gasteiger partial charge in [-0.3, -0.25) is 4.90 Å². The number of nitrogens with zero attached hydrogens (tertiary/aromatic N) is 3. The van der Waals surface area contributed by atoms with Crippen molar-refractivity contribution in [2.45, 2.75) is 37.8 Å². The molecule has 4 N–H and O–H groups in total. The summed E-state index contributed by atoms with van der Waals surface area (Å²) in [7, 11) is 0. The minimum absolute atomic E-state index is 0.119. The standard InChI is InChI=1S/C14H16BrClFN5/c15-8-4-5-9(17)11(10(8)16)22-13(19)20-12(18)21-14(22)6-2-1-3-7-14/h4-5H,1-3,6-7H2,(H4,18,19,20,21). The zero-order valence-corrected chi connectivity index (χ0v) is 14.2. The molecule has 1 aromatic carbocycles. The van der Waals surface area contributed by atoms with Crippen molar-refractivity contribution in [2.75, 3.05) is 4.90 Å². The fourth-order valence-electron chi connectivity index (χ4n) is 3.17. The highest BCUT2D eigenvalue weighted by Gasteiger charge is 2.44. The lowest BCUT2D eigenvalue weighted by Gasteiger charge is -2.45. The van der Waals surface area contributed by atoms with Gasteiger partial charge in [-0.1, -0.05) is 18.0 Å². The first-order chi connectivity index (χ1) is 10.4. The SMILES string of the molecule is NC1=NC2(CCCCC2)N(c2c(F)ccc(Br)c2Cl)C(N)=N1. The topological polar surface area (TPSA) is 80.0 Å². The fourth-order valence-corrected chi connectivity index (χ4v) is 3.72. The molecular weight excluding hydrogens is 373 g/mol. The van der Waals surface area contributed by atoms with Gasteiger partial charge in [0.15, 0.2) is 0 Å². The Hall–Kier alpha value is -1.34. The van der Waals surface area contributed by atoms with Crippen molar-refractivity contribution in [3.05, 3.63) is 27.4 Å². The Morgan fingerprint density at radius 2 is 1.91 bits per heavy atom. The van der Waals surface area contributed by atoms with Crippen molar-refractivity contribution in [1.82, 2.24) is 0 Å². The highest BCUT2D eigenvalue weighted by molar-refractivity contribution is 9.10. The van der Waals surface area contributed by atoms with Crippen LogP contribution in [0.4, 0.5) is 10.1 Å². The zero-order valence-electron chi connectivity index (χ0n) is 11.8. The Morgan fingerprint density at radius 1 is 1.23 bits per heavy atom. The van der Waals surface area contributed by atoms with Crippen molar-refractivity contribution in [1.29, 1.82) is 0 Å². The molecule has 0 unspecified atom stereocenters. The number of hydrogen-bond donors (Lipinski definition) is 2. The normalized spacial score (nSPS) is 20.8. The van der Waals surface area contributed by atoms with Crippen molar-refractivity contribution in [3.63, 3.8) is 0 Å². The number of benzene rings is 1. The lowest BCUT2D eigenvalue weighted by Crippen LogP contribution is -2.58. The minimum Gasteiger partial charge on any atom is -0.369 e. The van der Waals surface area contributed by atoms with Crippen molar-refractivity contribution in [3.8, 4) is 0 Å². The van der Waals surface area contributed by atoms with E-state index in [4.69, 9.17) is 23.1 Å². The summed E-state index contributed by atoms with van der Waals surface area (Å²) in [5.41, 5.74) is 11.3. The van der Waals surface area contributed by atoms with Gasteiger partial charge in [-0.05, 0) is 53.7 Å². The summed E-state index contributed by atoms with van der Waals surface area (Å²) in [5.74, 6) is -0.220. The molecule has 8 heteroatoms. The van der Waals surface area contributed by atoms with E-state index in [1.165, 1.54) is 6.07 Å². The molecule has 1 spiro atoms. The molecule has 5 nitrogen and oxygen atoms in total. The predicted molar refractivity (Wildman–Crippen MR) is 90.6 cm³/mol. The second-order valence-electron chi connectivity index (χ2n) is 5.51. The van der Waals surface area contributed by atoms with Gasteiger partial charge in [0.1, 0.15) is 17.2 Å². The van der Waals surface area contributed by atoms with Crippen LogP contribution >= 0.6 is 27.5 Å². The van der Waals surface area contributed by atoms with E-state index >= 15 is 0 Å². The highest BCUT2D eigenvalue weighted by atomic mass is 79.9. The van der Waals surface area contributed by atoms with Crippen molar-refractivity contribution >= 4 is 45.1 Å². The average Bonchev–Trinajstić information content (AvgIpc) is 2.47. The molecule has 1 aliphatic heterocycles. The maximum Gasteiger partial charge on any atom is 0.220 e. The molecule has 0 atom stereocenters. The van der Waals surface area contributed by atoms with Gasteiger partial charge >= 0.3 is 0 Å². The molecule has 0 radical (unpaired) electrons. The zero-order chi connectivity index (χ0) is 15.9. The van der Waals surface area contributed by atoms with Crippen LogP contribution in [0, 0.1) is 5.82 Å². The maximum atomic E-state index is 14.5. The van der Waals surface area contributed by atoms with Crippen LogP contribution in [-0.4, -0.2) is 17.6 Å². The Morgan fingerprint density at radius 3 is 2.59 bits per heavy atom. The molecule has 0 amide bonds. The van der Waals surface area contributed by atoms with E-state index < -0.39 is 11.5 Å². The van der Waals surface area contributed by atoms with Crippen LogP contribution in [0.1, 0.15) is 32.1 Å². The second kappa shape index (κ2) is 5.70. The summed E-state index contributed by atoms with van der Waals surface area (Å²) >= 11 is 9.64. The molecule has 0 saturated heterocycles. The van der Waals surface area contributed by atoms with Crippen LogP contribution in [0.15, 0.2) is 26.6 Å². The predicted octanol–water partition coefficient (Wildman–Crippen LogP) is 3.35. The first kappa shape index (κ1) is 15.6. The van der Waals surface area contributed by atoms with E-state index in [2.05, 4.69) is 25.9 Å². The first-order valence-electron chi connectivity index (χ1n) is 7.08. The Bertz CT molecular complexity index is 669. The summed E-state index contributed by atoms with van der Waals surface area (Å²) in [5, 5.41) is 0.249. The number of anilines is 1. The van der Waals surface area contributed by atoms with E-state index in [1.807, 2.05) is 0 Å². The van der Waals surface area contributed by atoms with Crippen molar-refractivity contribution < 1.29 is 4.39 Å². The van der Waals surface area contributed by atoms with Crippen LogP contribution in [0.25, 0.3) is 0 Å². The molecular formula is C14H16BrClFN5. The number of guanidine groups is 2. The van der Waals surface area contributed by atoms with Crippen LogP contribution in [0.2, 0.25) is 5.02 Å². The molecule has 0 bridgehead atoms. The highest BCUT2D eigenvalue weighted by Crippen LogP contribution is 2.44. The first-order valence-corrected chi connectivity index (χ1v) is 8.25. The minimum atomic E-state index is -0.709. The lowest BCUT2D eigenvalue weighted by molar-refractivity contribution is 0.304. The number of halogens is 3. The quantitative estimate of drug-likeness (QED) is 0.724. The summed E-state index contributed by atoms with van der Waals surface area (Å²) < 4.78 is 15.1. The Kier molecular flexibility index (Phi) is 4.03. The molecule has 2 aliphatic rings. The van der Waals surface area contributed by atoms with Crippen molar-refractivity contribution in [2.24, 2.45) is 21.5 Å². The smallest absolute Gasteiger partial charge is 0.220 e. The number of rotatable bonds is 1. The number of aliphatic imine (C=N–C) groups is 2. The Balaban J connectivity index is 2.19. The lowest BCUT2D eigenvalue weighted by atomic mass is 9.87. The largest absolute Gasteiger partial charge is 0.369 e. The molecule has 1 fully saturated rings. The van der Waals surface area contributed by atoms with E-state index in [1.54, 1.807) is 11.0 Å². The third-order valence-electron chi connectivity index (χ3n) is 4.09. The number of hydrogen-bond acceptors (Lipinski definition) is 5.